The third-order valence-electron chi connectivity index (χ3n) is 2.70. The Labute approximate surface area is 98.6 Å². The molecule has 1 aromatic rings. The van der Waals surface area contributed by atoms with Crippen molar-refractivity contribution < 1.29 is 4.79 Å². The van der Waals surface area contributed by atoms with Gasteiger partial charge in [0.05, 0.1) is 6.04 Å². The van der Waals surface area contributed by atoms with Crippen LogP contribution in [0.4, 0.5) is 5.82 Å². The molecule has 1 fully saturated rings. The standard InChI is InChI=1S/C10H13ClN4O/c1-6-2-3-12-9(6)10(16)15-8-4-7(11)13-5-14-8/h4-6,9,12H,2-3H2,1H3,(H,13,14,15,16). The van der Waals surface area contributed by atoms with Crippen molar-refractivity contribution in [1.82, 2.24) is 15.3 Å². The molecule has 0 spiro atoms. The second-order valence-corrected chi connectivity index (χ2v) is 4.30. The molecule has 0 aromatic carbocycles. The zero-order valence-corrected chi connectivity index (χ0v) is 9.66. The van der Waals surface area contributed by atoms with Gasteiger partial charge in [-0.15, -0.1) is 0 Å². The van der Waals surface area contributed by atoms with Gasteiger partial charge in [-0.1, -0.05) is 18.5 Å². The number of anilines is 1. The Kier molecular flexibility index (Phi) is 3.36. The van der Waals surface area contributed by atoms with Gasteiger partial charge in [0.1, 0.15) is 17.3 Å². The first-order chi connectivity index (χ1) is 7.66. The topological polar surface area (TPSA) is 66.9 Å². The highest BCUT2D eigenvalue weighted by Crippen LogP contribution is 2.16. The minimum absolute atomic E-state index is 0.0697. The van der Waals surface area contributed by atoms with E-state index in [-0.39, 0.29) is 11.9 Å². The van der Waals surface area contributed by atoms with Crippen LogP contribution in [-0.2, 0) is 4.79 Å². The molecule has 1 saturated heterocycles. The average Bonchev–Trinajstić information content (AvgIpc) is 2.64. The predicted octanol–water partition coefficient (Wildman–Crippen LogP) is 1.07. The van der Waals surface area contributed by atoms with E-state index in [0.29, 0.717) is 16.9 Å². The summed E-state index contributed by atoms with van der Waals surface area (Å²) < 4.78 is 0. The summed E-state index contributed by atoms with van der Waals surface area (Å²) in [6.07, 6.45) is 2.34. The van der Waals surface area contributed by atoms with Gasteiger partial charge < -0.3 is 10.6 Å². The molecule has 1 aliphatic rings. The summed E-state index contributed by atoms with van der Waals surface area (Å²) in [5.74, 6) is 0.711. The Morgan fingerprint density at radius 1 is 1.62 bits per heavy atom. The van der Waals surface area contributed by atoms with Crippen molar-refractivity contribution in [2.24, 2.45) is 5.92 Å². The van der Waals surface area contributed by atoms with Gasteiger partial charge in [-0.2, -0.15) is 0 Å². The number of rotatable bonds is 2. The molecule has 2 unspecified atom stereocenters. The van der Waals surface area contributed by atoms with Crippen LogP contribution >= 0.6 is 11.6 Å². The molecular weight excluding hydrogens is 228 g/mol. The second kappa shape index (κ2) is 4.76. The van der Waals surface area contributed by atoms with E-state index in [0.717, 1.165) is 13.0 Å². The molecule has 0 radical (unpaired) electrons. The summed E-state index contributed by atoms with van der Waals surface area (Å²) in [5.41, 5.74) is 0. The average molecular weight is 241 g/mol. The molecule has 16 heavy (non-hydrogen) atoms. The summed E-state index contributed by atoms with van der Waals surface area (Å²) in [5, 5.41) is 6.19. The normalized spacial score (nSPS) is 24.4. The molecule has 86 valence electrons. The molecule has 0 aliphatic carbocycles. The Balaban J connectivity index is 2.02. The summed E-state index contributed by atoms with van der Waals surface area (Å²) in [6.45, 7) is 2.93. The Hall–Kier alpha value is -1.20. The highest BCUT2D eigenvalue weighted by Gasteiger charge is 2.29. The van der Waals surface area contributed by atoms with Crippen LogP contribution < -0.4 is 10.6 Å². The van der Waals surface area contributed by atoms with Gasteiger partial charge in [-0.3, -0.25) is 4.79 Å². The largest absolute Gasteiger partial charge is 0.309 e. The van der Waals surface area contributed by atoms with Crippen molar-refractivity contribution >= 4 is 23.3 Å². The van der Waals surface area contributed by atoms with E-state index in [9.17, 15) is 4.79 Å². The molecule has 5 nitrogen and oxygen atoms in total. The number of nitrogens with one attached hydrogen (secondary N) is 2. The second-order valence-electron chi connectivity index (χ2n) is 3.91. The van der Waals surface area contributed by atoms with Crippen molar-refractivity contribution in [2.75, 3.05) is 11.9 Å². The first-order valence-electron chi connectivity index (χ1n) is 5.18. The molecule has 0 saturated carbocycles. The third-order valence-corrected chi connectivity index (χ3v) is 2.91. The highest BCUT2D eigenvalue weighted by molar-refractivity contribution is 6.29. The number of carbonyl (C=O) groups is 1. The van der Waals surface area contributed by atoms with Crippen LogP contribution in [-0.4, -0.2) is 28.5 Å². The fourth-order valence-corrected chi connectivity index (χ4v) is 1.94. The lowest BCUT2D eigenvalue weighted by Crippen LogP contribution is -2.39. The van der Waals surface area contributed by atoms with Crippen LogP contribution in [0.25, 0.3) is 0 Å². The van der Waals surface area contributed by atoms with Gasteiger partial charge in [0, 0.05) is 6.07 Å². The number of aromatic nitrogens is 2. The van der Waals surface area contributed by atoms with Gasteiger partial charge in [-0.05, 0) is 18.9 Å². The lowest BCUT2D eigenvalue weighted by molar-refractivity contribution is -0.118. The van der Waals surface area contributed by atoms with E-state index < -0.39 is 0 Å². The molecule has 1 amide bonds. The number of amides is 1. The fourth-order valence-electron chi connectivity index (χ4n) is 1.79. The fraction of sp³-hybridized carbons (Fsp3) is 0.500. The van der Waals surface area contributed by atoms with Crippen LogP contribution in [0.5, 0.6) is 0 Å². The van der Waals surface area contributed by atoms with Crippen molar-refractivity contribution in [1.29, 1.82) is 0 Å². The summed E-state index contributed by atoms with van der Waals surface area (Å²) in [6, 6.07) is 1.38. The molecule has 6 heteroatoms. The smallest absolute Gasteiger partial charge is 0.242 e. The van der Waals surface area contributed by atoms with Crippen LogP contribution in [0.3, 0.4) is 0 Å². The Bertz CT molecular complexity index is 398. The van der Waals surface area contributed by atoms with E-state index in [2.05, 4.69) is 27.5 Å². The highest BCUT2D eigenvalue weighted by atomic mass is 35.5. The van der Waals surface area contributed by atoms with Crippen LogP contribution in [0.15, 0.2) is 12.4 Å². The summed E-state index contributed by atoms with van der Waals surface area (Å²) in [7, 11) is 0. The molecular formula is C10H13ClN4O. The maximum absolute atomic E-state index is 11.9. The van der Waals surface area contributed by atoms with Gasteiger partial charge in [0.15, 0.2) is 0 Å². The lowest BCUT2D eigenvalue weighted by atomic mass is 10.0. The van der Waals surface area contributed by atoms with Crippen LogP contribution in [0, 0.1) is 5.92 Å². The molecule has 2 N–H and O–H groups in total. The van der Waals surface area contributed by atoms with E-state index in [1.807, 2.05) is 0 Å². The SMILES string of the molecule is CC1CCNC1C(=O)Nc1cc(Cl)ncn1. The number of carbonyl (C=O) groups excluding carboxylic acids is 1. The first-order valence-corrected chi connectivity index (χ1v) is 5.56. The van der Waals surface area contributed by atoms with Crippen molar-refractivity contribution in [3.05, 3.63) is 17.5 Å². The molecule has 2 heterocycles. The van der Waals surface area contributed by atoms with Crippen molar-refractivity contribution in [2.45, 2.75) is 19.4 Å². The first kappa shape index (κ1) is 11.3. The van der Waals surface area contributed by atoms with Crippen molar-refractivity contribution in [3.63, 3.8) is 0 Å². The zero-order valence-electron chi connectivity index (χ0n) is 8.90. The van der Waals surface area contributed by atoms with Crippen LogP contribution in [0.1, 0.15) is 13.3 Å². The van der Waals surface area contributed by atoms with E-state index in [1.54, 1.807) is 0 Å². The number of nitrogens with zero attached hydrogens (tertiary/aromatic N) is 2. The Morgan fingerprint density at radius 2 is 2.44 bits per heavy atom. The van der Waals surface area contributed by atoms with E-state index in [1.165, 1.54) is 12.4 Å². The Morgan fingerprint density at radius 3 is 3.06 bits per heavy atom. The minimum Gasteiger partial charge on any atom is -0.309 e. The maximum atomic E-state index is 11.9. The van der Waals surface area contributed by atoms with Crippen molar-refractivity contribution in [3.8, 4) is 0 Å². The number of hydrogen-bond acceptors (Lipinski definition) is 4. The van der Waals surface area contributed by atoms with Crippen LogP contribution in [0.2, 0.25) is 5.15 Å². The minimum atomic E-state index is -0.145. The van der Waals surface area contributed by atoms with E-state index >= 15 is 0 Å². The van der Waals surface area contributed by atoms with Gasteiger partial charge >= 0.3 is 0 Å². The molecule has 2 atom stereocenters. The maximum Gasteiger partial charge on any atom is 0.242 e. The molecule has 1 aromatic heterocycles. The zero-order chi connectivity index (χ0) is 11.5. The third kappa shape index (κ3) is 2.48. The monoisotopic (exact) mass is 240 g/mol. The van der Waals surface area contributed by atoms with Gasteiger partial charge in [-0.25, -0.2) is 9.97 Å². The molecule has 0 bridgehead atoms. The molecule has 1 aliphatic heterocycles. The quantitative estimate of drug-likeness (QED) is 0.759. The van der Waals surface area contributed by atoms with Gasteiger partial charge in [0.2, 0.25) is 5.91 Å². The predicted molar refractivity (Wildman–Crippen MR) is 61.2 cm³/mol. The lowest BCUT2D eigenvalue weighted by Gasteiger charge is -2.14. The van der Waals surface area contributed by atoms with E-state index in [4.69, 9.17) is 11.6 Å². The van der Waals surface area contributed by atoms with Gasteiger partial charge in [0.25, 0.3) is 0 Å². The molecule has 2 rings (SSSR count). The number of halogens is 1. The number of hydrogen-bond donors (Lipinski definition) is 2. The summed E-state index contributed by atoms with van der Waals surface area (Å²) >= 11 is 5.70. The summed E-state index contributed by atoms with van der Waals surface area (Å²) in [4.78, 5) is 19.5.